The number of thiazole rings is 1. The van der Waals surface area contributed by atoms with Crippen LogP contribution >= 0.6 is 11.3 Å². The quantitative estimate of drug-likeness (QED) is 0.629. The lowest BCUT2D eigenvalue weighted by atomic mass is 10.2. The van der Waals surface area contributed by atoms with Gasteiger partial charge in [-0.1, -0.05) is 17.4 Å². The molecule has 0 saturated heterocycles. The number of aromatic nitrogens is 1. The van der Waals surface area contributed by atoms with Gasteiger partial charge >= 0.3 is 12.1 Å². The van der Waals surface area contributed by atoms with E-state index in [-0.39, 0.29) is 10.7 Å². The van der Waals surface area contributed by atoms with Crippen LogP contribution in [0.5, 0.6) is 10.9 Å². The number of rotatable bonds is 3. The van der Waals surface area contributed by atoms with Gasteiger partial charge in [-0.05, 0) is 36.4 Å². The van der Waals surface area contributed by atoms with Crippen LogP contribution in [0, 0.1) is 0 Å². The van der Waals surface area contributed by atoms with Gasteiger partial charge in [-0.2, -0.15) is 13.2 Å². The number of alkyl halides is 3. The molecule has 0 spiro atoms. The topological polar surface area (TPSA) is 48.4 Å². The maximum atomic E-state index is 12.7. The summed E-state index contributed by atoms with van der Waals surface area (Å²) in [6, 6.07) is 9.58. The summed E-state index contributed by atoms with van der Waals surface area (Å²) in [5, 5.41) is 0.186. The molecule has 3 aromatic rings. The van der Waals surface area contributed by atoms with E-state index >= 15 is 0 Å². The summed E-state index contributed by atoms with van der Waals surface area (Å²) >= 11 is 1.11. The highest BCUT2D eigenvalue weighted by Crippen LogP contribution is 2.36. The predicted molar refractivity (Wildman–Crippen MR) is 82.5 cm³/mol. The lowest BCUT2D eigenvalue weighted by Gasteiger charge is -2.04. The van der Waals surface area contributed by atoms with Crippen molar-refractivity contribution in [2.75, 3.05) is 7.11 Å². The molecule has 0 aliphatic heterocycles. The van der Waals surface area contributed by atoms with E-state index in [9.17, 15) is 18.0 Å². The van der Waals surface area contributed by atoms with Gasteiger partial charge in [-0.3, -0.25) is 0 Å². The zero-order valence-corrected chi connectivity index (χ0v) is 13.1. The molecule has 0 atom stereocenters. The van der Waals surface area contributed by atoms with Crippen molar-refractivity contribution in [3.8, 4) is 10.9 Å². The van der Waals surface area contributed by atoms with Crippen LogP contribution in [0.15, 0.2) is 42.5 Å². The Bertz CT molecular complexity index is 905. The molecule has 1 heterocycles. The summed E-state index contributed by atoms with van der Waals surface area (Å²) in [4.78, 5) is 15.6. The third-order valence-corrected chi connectivity index (χ3v) is 4.07. The third kappa shape index (κ3) is 3.33. The van der Waals surface area contributed by atoms with Crippen LogP contribution in [0.4, 0.5) is 13.2 Å². The van der Waals surface area contributed by atoms with Crippen LogP contribution in [-0.4, -0.2) is 18.1 Å². The van der Waals surface area contributed by atoms with Gasteiger partial charge in [-0.15, -0.1) is 0 Å². The molecule has 0 bridgehead atoms. The molecule has 4 nitrogen and oxygen atoms in total. The Morgan fingerprint density at radius 1 is 1.17 bits per heavy atom. The van der Waals surface area contributed by atoms with Crippen molar-refractivity contribution < 1.29 is 27.4 Å². The maximum Gasteiger partial charge on any atom is 0.416 e. The number of ether oxygens (including phenoxy) is 2. The second-order valence-corrected chi connectivity index (χ2v) is 5.77. The molecule has 8 heteroatoms. The molecule has 0 N–H and O–H groups in total. The van der Waals surface area contributed by atoms with Gasteiger partial charge < -0.3 is 9.47 Å². The minimum atomic E-state index is -4.42. The van der Waals surface area contributed by atoms with E-state index in [1.165, 1.54) is 19.2 Å². The Labute approximate surface area is 138 Å². The Hall–Kier alpha value is -2.61. The number of methoxy groups -OCH3 is 1. The molecule has 0 fully saturated rings. The van der Waals surface area contributed by atoms with Crippen molar-refractivity contribution >= 4 is 27.5 Å². The van der Waals surface area contributed by atoms with Crippen molar-refractivity contribution in [3.05, 3.63) is 53.6 Å². The lowest BCUT2D eigenvalue weighted by Crippen LogP contribution is -2.03. The van der Waals surface area contributed by atoms with E-state index < -0.39 is 17.7 Å². The van der Waals surface area contributed by atoms with Crippen LogP contribution in [-0.2, 0) is 10.9 Å². The average Bonchev–Trinajstić information content (AvgIpc) is 2.94. The minimum Gasteiger partial charge on any atom is -0.465 e. The smallest absolute Gasteiger partial charge is 0.416 e. The second-order valence-electron chi connectivity index (χ2n) is 4.78. The van der Waals surface area contributed by atoms with Gasteiger partial charge in [0.05, 0.1) is 28.5 Å². The van der Waals surface area contributed by atoms with Gasteiger partial charge in [0, 0.05) is 0 Å². The summed E-state index contributed by atoms with van der Waals surface area (Å²) in [5.41, 5.74) is -0.260. The molecule has 0 aliphatic rings. The summed E-state index contributed by atoms with van der Waals surface area (Å²) < 4.78 is 48.9. The fourth-order valence-corrected chi connectivity index (χ4v) is 2.85. The Morgan fingerprint density at radius 3 is 2.67 bits per heavy atom. The number of fused-ring (bicyclic) bond motifs is 1. The minimum absolute atomic E-state index is 0.186. The lowest BCUT2D eigenvalue weighted by molar-refractivity contribution is -0.137. The Kier molecular flexibility index (Phi) is 4.15. The third-order valence-electron chi connectivity index (χ3n) is 3.16. The summed E-state index contributed by atoms with van der Waals surface area (Å²) in [5.74, 6) is -0.174. The SMILES string of the molecule is COC(=O)c1cccc(Oc2nc3cc(C(F)(F)F)ccc3s2)c1. The average molecular weight is 353 g/mol. The molecule has 0 radical (unpaired) electrons. The van der Waals surface area contributed by atoms with E-state index in [1.54, 1.807) is 18.2 Å². The van der Waals surface area contributed by atoms with Crippen LogP contribution < -0.4 is 4.74 Å². The highest BCUT2D eigenvalue weighted by Gasteiger charge is 2.30. The van der Waals surface area contributed by atoms with Crippen molar-refractivity contribution in [2.45, 2.75) is 6.18 Å². The van der Waals surface area contributed by atoms with Crippen LogP contribution in [0.1, 0.15) is 15.9 Å². The molecular weight excluding hydrogens is 343 g/mol. The molecule has 0 saturated carbocycles. The van der Waals surface area contributed by atoms with E-state index in [1.807, 2.05) is 0 Å². The number of hydrogen-bond acceptors (Lipinski definition) is 5. The number of nitrogens with zero attached hydrogens (tertiary/aromatic N) is 1. The molecule has 124 valence electrons. The first-order valence-electron chi connectivity index (χ1n) is 6.71. The van der Waals surface area contributed by atoms with Gasteiger partial charge in [0.25, 0.3) is 5.19 Å². The van der Waals surface area contributed by atoms with Gasteiger partial charge in [0.1, 0.15) is 5.75 Å². The van der Waals surface area contributed by atoms with Crippen molar-refractivity contribution in [1.29, 1.82) is 0 Å². The fourth-order valence-electron chi connectivity index (χ4n) is 2.03. The molecule has 2 aromatic carbocycles. The van der Waals surface area contributed by atoms with E-state index in [0.29, 0.717) is 16.0 Å². The van der Waals surface area contributed by atoms with Crippen molar-refractivity contribution in [3.63, 3.8) is 0 Å². The number of benzene rings is 2. The zero-order valence-electron chi connectivity index (χ0n) is 12.3. The molecule has 0 aliphatic carbocycles. The molecule has 0 unspecified atom stereocenters. The second kappa shape index (κ2) is 6.12. The van der Waals surface area contributed by atoms with Crippen LogP contribution in [0.3, 0.4) is 0 Å². The number of hydrogen-bond donors (Lipinski definition) is 0. The van der Waals surface area contributed by atoms with Crippen molar-refractivity contribution in [1.82, 2.24) is 4.98 Å². The Morgan fingerprint density at radius 2 is 1.96 bits per heavy atom. The monoisotopic (exact) mass is 353 g/mol. The van der Waals surface area contributed by atoms with E-state index in [2.05, 4.69) is 9.72 Å². The summed E-state index contributed by atoms with van der Waals surface area (Å²) in [6.07, 6.45) is -4.42. The van der Waals surface area contributed by atoms with E-state index in [4.69, 9.17) is 4.74 Å². The number of carbonyl (C=O) groups excluding carboxylic acids is 1. The van der Waals surface area contributed by atoms with Gasteiger partial charge in [0.15, 0.2) is 0 Å². The van der Waals surface area contributed by atoms with Gasteiger partial charge in [0.2, 0.25) is 0 Å². The molecule has 0 amide bonds. The molecule has 24 heavy (non-hydrogen) atoms. The molecule has 3 rings (SSSR count). The first-order chi connectivity index (χ1) is 11.4. The van der Waals surface area contributed by atoms with Crippen molar-refractivity contribution in [2.24, 2.45) is 0 Å². The highest BCUT2D eigenvalue weighted by molar-refractivity contribution is 7.20. The highest BCUT2D eigenvalue weighted by atomic mass is 32.1. The van der Waals surface area contributed by atoms with E-state index in [0.717, 1.165) is 23.5 Å². The number of esters is 1. The van der Waals surface area contributed by atoms with Gasteiger partial charge in [-0.25, -0.2) is 9.78 Å². The maximum absolute atomic E-state index is 12.7. The summed E-state index contributed by atoms with van der Waals surface area (Å²) in [7, 11) is 1.27. The molecular formula is C16H10F3NO3S. The summed E-state index contributed by atoms with van der Waals surface area (Å²) in [6.45, 7) is 0. The predicted octanol–water partition coefficient (Wildman–Crippen LogP) is 4.89. The number of carbonyl (C=O) groups is 1. The largest absolute Gasteiger partial charge is 0.465 e. The normalized spacial score (nSPS) is 11.5. The van der Waals surface area contributed by atoms with Crippen LogP contribution in [0.2, 0.25) is 0 Å². The zero-order chi connectivity index (χ0) is 17.3. The number of halogens is 3. The first kappa shape index (κ1) is 16.3. The standard InChI is InChI=1S/C16H10F3NO3S/c1-22-14(21)9-3-2-4-11(7-9)23-15-20-12-8-10(16(17,18)19)5-6-13(12)24-15/h2-8H,1H3. The molecule has 1 aromatic heterocycles. The Balaban J connectivity index is 1.89. The van der Waals surface area contributed by atoms with Crippen LogP contribution in [0.25, 0.3) is 10.2 Å². The fraction of sp³-hybridized carbons (Fsp3) is 0.125. The first-order valence-corrected chi connectivity index (χ1v) is 7.52.